The van der Waals surface area contributed by atoms with Crippen LogP contribution in [0.4, 0.5) is 18.0 Å². The minimum absolute atomic E-state index is 0.0244. The van der Waals surface area contributed by atoms with Gasteiger partial charge in [0.25, 0.3) is 0 Å². The summed E-state index contributed by atoms with van der Waals surface area (Å²) in [7, 11) is 0. The first-order valence-corrected chi connectivity index (χ1v) is 8.19. The van der Waals surface area contributed by atoms with Gasteiger partial charge in [0.05, 0.1) is 11.5 Å². The number of rotatable bonds is 3. The van der Waals surface area contributed by atoms with Gasteiger partial charge in [0.1, 0.15) is 0 Å². The van der Waals surface area contributed by atoms with Crippen LogP contribution in [0.25, 0.3) is 0 Å². The Morgan fingerprint density at radius 2 is 1.80 bits per heavy atom. The SMILES string of the molecule is O=C(O)C1CCN(C(=O)NC2CC(c3ccc(C(F)(F)F)cc3)C2)C1. The van der Waals surface area contributed by atoms with Crippen LogP contribution in [0.3, 0.4) is 0 Å². The Bertz CT molecular complexity index is 654. The Labute approximate surface area is 142 Å². The van der Waals surface area contributed by atoms with Crippen molar-refractivity contribution in [3.05, 3.63) is 35.4 Å². The average molecular weight is 356 g/mol. The van der Waals surface area contributed by atoms with Gasteiger partial charge in [-0.25, -0.2) is 4.79 Å². The third-order valence-electron chi connectivity index (χ3n) is 5.00. The standard InChI is InChI=1S/C17H19F3N2O3/c18-17(19,20)13-3-1-10(2-4-13)12-7-14(8-12)21-16(25)22-6-5-11(9-22)15(23)24/h1-4,11-12,14H,5-9H2,(H,21,25)(H,23,24). The topological polar surface area (TPSA) is 69.6 Å². The van der Waals surface area contributed by atoms with Crippen molar-refractivity contribution in [1.29, 1.82) is 0 Å². The van der Waals surface area contributed by atoms with E-state index in [1.54, 1.807) is 0 Å². The van der Waals surface area contributed by atoms with Gasteiger partial charge in [-0.2, -0.15) is 13.2 Å². The van der Waals surface area contributed by atoms with Crippen molar-refractivity contribution in [2.45, 2.75) is 37.4 Å². The van der Waals surface area contributed by atoms with Gasteiger partial charge in [0, 0.05) is 19.1 Å². The van der Waals surface area contributed by atoms with Crippen molar-refractivity contribution in [2.24, 2.45) is 5.92 Å². The molecule has 1 saturated heterocycles. The normalized spacial score (nSPS) is 26.2. The zero-order valence-corrected chi connectivity index (χ0v) is 13.4. The number of nitrogens with one attached hydrogen (secondary N) is 1. The summed E-state index contributed by atoms with van der Waals surface area (Å²) in [5.74, 6) is -1.26. The second-order valence-corrected chi connectivity index (χ2v) is 6.70. The van der Waals surface area contributed by atoms with Crippen molar-refractivity contribution < 1.29 is 27.9 Å². The van der Waals surface area contributed by atoms with Crippen LogP contribution >= 0.6 is 0 Å². The smallest absolute Gasteiger partial charge is 0.416 e. The summed E-state index contributed by atoms with van der Waals surface area (Å²) in [6.07, 6.45) is -2.53. The lowest BCUT2D eigenvalue weighted by Gasteiger charge is -2.37. The maximum atomic E-state index is 12.6. The minimum atomic E-state index is -4.34. The van der Waals surface area contributed by atoms with Crippen molar-refractivity contribution in [3.63, 3.8) is 0 Å². The molecule has 0 aromatic heterocycles. The van der Waals surface area contributed by atoms with Crippen LogP contribution in [-0.4, -0.2) is 41.1 Å². The monoisotopic (exact) mass is 356 g/mol. The number of carbonyl (C=O) groups excluding carboxylic acids is 1. The Morgan fingerprint density at radius 1 is 1.16 bits per heavy atom. The zero-order chi connectivity index (χ0) is 18.2. The van der Waals surface area contributed by atoms with Crippen molar-refractivity contribution in [2.75, 3.05) is 13.1 Å². The molecule has 2 fully saturated rings. The fourth-order valence-corrected chi connectivity index (χ4v) is 3.36. The lowest BCUT2D eigenvalue weighted by Crippen LogP contribution is -2.48. The van der Waals surface area contributed by atoms with E-state index in [0.29, 0.717) is 25.8 Å². The van der Waals surface area contributed by atoms with Gasteiger partial charge in [-0.1, -0.05) is 12.1 Å². The molecule has 3 rings (SSSR count). The molecule has 1 saturated carbocycles. The molecule has 136 valence electrons. The van der Waals surface area contributed by atoms with Gasteiger partial charge in [0.2, 0.25) is 0 Å². The van der Waals surface area contributed by atoms with E-state index in [2.05, 4.69) is 5.32 Å². The summed E-state index contributed by atoms with van der Waals surface area (Å²) in [6.45, 7) is 0.647. The highest BCUT2D eigenvalue weighted by Gasteiger charge is 2.36. The fourth-order valence-electron chi connectivity index (χ4n) is 3.36. The van der Waals surface area contributed by atoms with Gasteiger partial charge >= 0.3 is 18.2 Å². The third kappa shape index (κ3) is 3.88. The van der Waals surface area contributed by atoms with E-state index in [1.165, 1.54) is 17.0 Å². The number of hydrogen-bond acceptors (Lipinski definition) is 2. The fraction of sp³-hybridized carbons (Fsp3) is 0.529. The number of halogens is 3. The number of carbonyl (C=O) groups is 2. The predicted octanol–water partition coefficient (Wildman–Crippen LogP) is 3.07. The highest BCUT2D eigenvalue weighted by atomic mass is 19.4. The molecule has 2 amide bonds. The molecular formula is C17H19F3N2O3. The maximum absolute atomic E-state index is 12.6. The number of carboxylic acid groups (broad SMARTS) is 1. The predicted molar refractivity (Wildman–Crippen MR) is 83.1 cm³/mol. The van der Waals surface area contributed by atoms with E-state index >= 15 is 0 Å². The van der Waals surface area contributed by atoms with Crippen LogP contribution in [-0.2, 0) is 11.0 Å². The lowest BCUT2D eigenvalue weighted by atomic mass is 9.76. The van der Waals surface area contributed by atoms with Crippen molar-refractivity contribution >= 4 is 12.0 Å². The van der Waals surface area contributed by atoms with E-state index in [4.69, 9.17) is 5.11 Å². The molecule has 1 heterocycles. The number of alkyl halides is 3. The summed E-state index contributed by atoms with van der Waals surface area (Å²) < 4.78 is 37.7. The van der Waals surface area contributed by atoms with Crippen LogP contribution in [0.2, 0.25) is 0 Å². The molecule has 1 aromatic rings. The molecule has 1 aliphatic heterocycles. The van der Waals surface area contributed by atoms with Crippen molar-refractivity contribution in [1.82, 2.24) is 10.2 Å². The number of amides is 2. The van der Waals surface area contributed by atoms with Crippen molar-refractivity contribution in [3.8, 4) is 0 Å². The number of likely N-dealkylation sites (tertiary alicyclic amines) is 1. The van der Waals surface area contributed by atoms with E-state index < -0.39 is 23.6 Å². The molecule has 0 bridgehead atoms. The first kappa shape index (κ1) is 17.6. The molecule has 1 unspecified atom stereocenters. The second kappa shape index (κ2) is 6.57. The van der Waals surface area contributed by atoms with E-state index in [0.717, 1.165) is 17.7 Å². The molecule has 2 N–H and O–H groups in total. The molecule has 1 aliphatic carbocycles. The third-order valence-corrected chi connectivity index (χ3v) is 5.00. The van der Waals surface area contributed by atoms with Crippen LogP contribution in [0.15, 0.2) is 24.3 Å². The van der Waals surface area contributed by atoms with Gasteiger partial charge in [0.15, 0.2) is 0 Å². The second-order valence-electron chi connectivity index (χ2n) is 6.70. The molecule has 25 heavy (non-hydrogen) atoms. The van der Waals surface area contributed by atoms with Crippen LogP contribution in [0.1, 0.15) is 36.3 Å². The molecule has 5 nitrogen and oxygen atoms in total. The first-order chi connectivity index (χ1) is 11.7. The summed E-state index contributed by atoms with van der Waals surface area (Å²) in [5.41, 5.74) is 0.174. The number of benzene rings is 1. The minimum Gasteiger partial charge on any atom is -0.481 e. The molecule has 1 atom stereocenters. The summed E-state index contributed by atoms with van der Waals surface area (Å²) in [5, 5.41) is 11.8. The lowest BCUT2D eigenvalue weighted by molar-refractivity contribution is -0.141. The number of nitrogens with zero attached hydrogens (tertiary/aromatic N) is 1. The van der Waals surface area contributed by atoms with Crippen LogP contribution in [0, 0.1) is 5.92 Å². The average Bonchev–Trinajstić information content (AvgIpc) is 3.00. The zero-order valence-electron chi connectivity index (χ0n) is 13.4. The highest BCUT2D eigenvalue weighted by molar-refractivity contribution is 5.77. The summed E-state index contributed by atoms with van der Waals surface area (Å²) in [6, 6.07) is 4.85. The summed E-state index contributed by atoms with van der Waals surface area (Å²) >= 11 is 0. The van der Waals surface area contributed by atoms with E-state index in [9.17, 15) is 22.8 Å². The number of aliphatic carboxylic acids is 1. The molecular weight excluding hydrogens is 337 g/mol. The van der Waals surface area contributed by atoms with E-state index in [1.807, 2.05) is 0 Å². The number of urea groups is 1. The quantitative estimate of drug-likeness (QED) is 0.875. The Morgan fingerprint density at radius 3 is 2.32 bits per heavy atom. The van der Waals surface area contributed by atoms with Gasteiger partial charge in [-0.05, 0) is 42.9 Å². The Kier molecular flexibility index (Phi) is 4.62. The van der Waals surface area contributed by atoms with Gasteiger partial charge < -0.3 is 15.3 Å². The Hall–Kier alpha value is -2.25. The van der Waals surface area contributed by atoms with E-state index in [-0.39, 0.29) is 24.5 Å². The number of carboxylic acids is 1. The molecule has 2 aliphatic rings. The Balaban J connectivity index is 1.47. The molecule has 8 heteroatoms. The van der Waals surface area contributed by atoms with Gasteiger partial charge in [-0.3, -0.25) is 4.79 Å². The molecule has 1 aromatic carbocycles. The maximum Gasteiger partial charge on any atom is 0.416 e. The number of hydrogen-bond donors (Lipinski definition) is 2. The van der Waals surface area contributed by atoms with Gasteiger partial charge in [-0.15, -0.1) is 0 Å². The van der Waals surface area contributed by atoms with Crippen LogP contribution < -0.4 is 5.32 Å². The largest absolute Gasteiger partial charge is 0.481 e. The molecule has 0 spiro atoms. The van der Waals surface area contributed by atoms with Crippen LogP contribution in [0.5, 0.6) is 0 Å². The molecule has 0 radical (unpaired) electrons. The summed E-state index contributed by atoms with van der Waals surface area (Å²) in [4.78, 5) is 24.5. The first-order valence-electron chi connectivity index (χ1n) is 8.19. The highest BCUT2D eigenvalue weighted by Crippen LogP contribution is 2.38.